The van der Waals surface area contributed by atoms with Crippen molar-refractivity contribution in [3.63, 3.8) is 0 Å². The number of amides is 1. The summed E-state index contributed by atoms with van der Waals surface area (Å²) in [5.41, 5.74) is 3.61. The highest BCUT2D eigenvalue weighted by atomic mass is 32.2. The van der Waals surface area contributed by atoms with Crippen molar-refractivity contribution in [1.82, 2.24) is 4.31 Å². The lowest BCUT2D eigenvalue weighted by Gasteiger charge is -2.22. The Morgan fingerprint density at radius 1 is 0.833 bits per heavy atom. The van der Waals surface area contributed by atoms with Crippen LogP contribution in [0.1, 0.15) is 16.7 Å². The van der Waals surface area contributed by atoms with Crippen LogP contribution in [0.2, 0.25) is 0 Å². The van der Waals surface area contributed by atoms with Crippen molar-refractivity contribution in [1.29, 1.82) is 0 Å². The van der Waals surface area contributed by atoms with E-state index in [0.717, 1.165) is 22.4 Å². The Bertz CT molecular complexity index is 1080. The van der Waals surface area contributed by atoms with Crippen molar-refractivity contribution < 1.29 is 13.2 Å². The smallest absolute Gasteiger partial charge is 0.243 e. The topological polar surface area (TPSA) is 66.5 Å². The third kappa shape index (κ3) is 5.34. The molecule has 0 aliphatic rings. The van der Waals surface area contributed by atoms with Gasteiger partial charge >= 0.3 is 0 Å². The highest BCUT2D eigenvalue weighted by molar-refractivity contribution is 7.89. The molecule has 156 valence electrons. The molecule has 1 amide bonds. The molecule has 0 aliphatic heterocycles. The van der Waals surface area contributed by atoms with E-state index in [1.54, 1.807) is 30.3 Å². The van der Waals surface area contributed by atoms with Crippen LogP contribution in [0.3, 0.4) is 0 Å². The fraction of sp³-hybridized carbons (Fsp3) is 0.208. The molecule has 3 aromatic carbocycles. The number of hydrogen-bond donors (Lipinski definition) is 1. The molecule has 1 N–H and O–H groups in total. The summed E-state index contributed by atoms with van der Waals surface area (Å²) in [6.45, 7) is 3.78. The first-order chi connectivity index (χ1) is 14.4. The molecule has 5 nitrogen and oxygen atoms in total. The number of carbonyl (C=O) groups is 1. The molecule has 0 spiro atoms. The fourth-order valence-electron chi connectivity index (χ4n) is 3.27. The molecule has 0 fully saturated rings. The first-order valence-corrected chi connectivity index (χ1v) is 11.3. The molecule has 0 aromatic heterocycles. The number of rotatable bonds is 8. The molecule has 0 heterocycles. The number of sulfonamides is 1. The molecule has 0 radical (unpaired) electrons. The van der Waals surface area contributed by atoms with Gasteiger partial charge in [-0.3, -0.25) is 4.79 Å². The molecule has 30 heavy (non-hydrogen) atoms. The Kier molecular flexibility index (Phi) is 7.03. The van der Waals surface area contributed by atoms with Gasteiger partial charge < -0.3 is 5.32 Å². The predicted octanol–water partition coefficient (Wildman–Crippen LogP) is 4.18. The highest BCUT2D eigenvalue weighted by Crippen LogP contribution is 2.20. The second-order valence-electron chi connectivity index (χ2n) is 7.20. The Morgan fingerprint density at radius 3 is 2.00 bits per heavy atom. The minimum Gasteiger partial charge on any atom is -0.324 e. The number of anilines is 1. The zero-order valence-corrected chi connectivity index (χ0v) is 18.0. The minimum absolute atomic E-state index is 0.179. The maximum absolute atomic E-state index is 13.2. The van der Waals surface area contributed by atoms with Gasteiger partial charge in [0.25, 0.3) is 0 Å². The molecule has 0 atom stereocenters. The van der Waals surface area contributed by atoms with E-state index in [4.69, 9.17) is 0 Å². The van der Waals surface area contributed by atoms with E-state index in [2.05, 4.69) is 5.32 Å². The van der Waals surface area contributed by atoms with E-state index in [1.165, 1.54) is 4.31 Å². The van der Waals surface area contributed by atoms with Gasteiger partial charge in [0.05, 0.1) is 11.4 Å². The Hall–Kier alpha value is -2.96. The van der Waals surface area contributed by atoms with Crippen LogP contribution in [0.4, 0.5) is 5.69 Å². The standard InChI is InChI=1S/C24H26N2O3S/c1-19-10-9-11-20(2)24(19)25-23(27)18-26(17-16-21-12-5-3-6-13-21)30(28,29)22-14-7-4-8-15-22/h3-15H,16-18H2,1-2H3,(H,25,27). The molecule has 6 heteroatoms. The van der Waals surface area contributed by atoms with Crippen LogP contribution >= 0.6 is 0 Å². The summed E-state index contributed by atoms with van der Waals surface area (Å²) in [5, 5.41) is 2.89. The van der Waals surface area contributed by atoms with Gasteiger partial charge in [0.1, 0.15) is 0 Å². The number of nitrogens with zero attached hydrogens (tertiary/aromatic N) is 1. The Labute approximate surface area is 178 Å². The summed E-state index contributed by atoms with van der Waals surface area (Å²) in [4.78, 5) is 13.0. The van der Waals surface area contributed by atoms with Crippen LogP contribution in [0, 0.1) is 13.8 Å². The molecular formula is C24H26N2O3S. The number of aryl methyl sites for hydroxylation is 2. The van der Waals surface area contributed by atoms with E-state index in [-0.39, 0.29) is 23.9 Å². The molecule has 0 saturated carbocycles. The Morgan fingerprint density at radius 2 is 1.40 bits per heavy atom. The molecule has 0 unspecified atom stereocenters. The normalized spacial score (nSPS) is 11.4. The summed E-state index contributed by atoms with van der Waals surface area (Å²) in [5.74, 6) is -0.361. The van der Waals surface area contributed by atoms with Crippen LogP contribution < -0.4 is 5.32 Å². The van der Waals surface area contributed by atoms with Crippen LogP contribution in [-0.2, 0) is 21.2 Å². The van der Waals surface area contributed by atoms with Gasteiger partial charge in [0, 0.05) is 12.2 Å². The van der Waals surface area contributed by atoms with Gasteiger partial charge in [-0.1, -0.05) is 66.7 Å². The van der Waals surface area contributed by atoms with E-state index >= 15 is 0 Å². The highest BCUT2D eigenvalue weighted by Gasteiger charge is 2.26. The maximum atomic E-state index is 13.2. The van der Waals surface area contributed by atoms with Gasteiger partial charge in [-0.25, -0.2) is 8.42 Å². The zero-order chi connectivity index (χ0) is 21.6. The van der Waals surface area contributed by atoms with E-state index in [1.807, 2.05) is 62.4 Å². The number of benzene rings is 3. The zero-order valence-electron chi connectivity index (χ0n) is 17.2. The first kappa shape index (κ1) is 21.7. The number of para-hydroxylation sites is 1. The van der Waals surface area contributed by atoms with Crippen LogP contribution in [0.15, 0.2) is 83.8 Å². The van der Waals surface area contributed by atoms with Crippen LogP contribution in [-0.4, -0.2) is 31.7 Å². The van der Waals surface area contributed by atoms with Gasteiger partial charge in [-0.05, 0) is 49.1 Å². The van der Waals surface area contributed by atoms with Crippen molar-refractivity contribution in [3.05, 3.63) is 95.6 Å². The molecule has 0 saturated heterocycles. The van der Waals surface area contributed by atoms with Crippen molar-refractivity contribution in [2.45, 2.75) is 25.2 Å². The summed E-state index contributed by atoms with van der Waals surface area (Å²) >= 11 is 0. The number of nitrogens with one attached hydrogen (secondary N) is 1. The SMILES string of the molecule is Cc1cccc(C)c1NC(=O)CN(CCc1ccccc1)S(=O)(=O)c1ccccc1. The summed E-state index contributed by atoms with van der Waals surface area (Å²) in [6.07, 6.45) is 0.517. The molecular weight excluding hydrogens is 396 g/mol. The molecule has 0 bridgehead atoms. The largest absolute Gasteiger partial charge is 0.324 e. The summed E-state index contributed by atoms with van der Waals surface area (Å²) in [6, 6.07) is 23.6. The predicted molar refractivity (Wildman–Crippen MR) is 120 cm³/mol. The van der Waals surface area contributed by atoms with Crippen LogP contribution in [0.25, 0.3) is 0 Å². The molecule has 0 aliphatic carbocycles. The van der Waals surface area contributed by atoms with Crippen molar-refractivity contribution in [3.8, 4) is 0 Å². The Balaban J connectivity index is 1.82. The average Bonchev–Trinajstić information content (AvgIpc) is 2.75. The summed E-state index contributed by atoms with van der Waals surface area (Å²) < 4.78 is 27.7. The number of hydrogen-bond acceptors (Lipinski definition) is 3. The molecule has 3 aromatic rings. The van der Waals surface area contributed by atoms with Gasteiger partial charge in [0.2, 0.25) is 15.9 Å². The minimum atomic E-state index is -3.81. The third-order valence-corrected chi connectivity index (χ3v) is 6.80. The number of carbonyl (C=O) groups excluding carboxylic acids is 1. The van der Waals surface area contributed by atoms with Crippen LogP contribution in [0.5, 0.6) is 0 Å². The van der Waals surface area contributed by atoms with Crippen molar-refractivity contribution >= 4 is 21.6 Å². The average molecular weight is 423 g/mol. The van der Waals surface area contributed by atoms with Gasteiger partial charge in [0.15, 0.2) is 0 Å². The second kappa shape index (κ2) is 9.69. The quantitative estimate of drug-likeness (QED) is 0.592. The first-order valence-electron chi connectivity index (χ1n) is 9.83. The monoisotopic (exact) mass is 422 g/mol. The fourth-order valence-corrected chi connectivity index (χ4v) is 4.69. The van der Waals surface area contributed by atoms with Gasteiger partial charge in [-0.15, -0.1) is 0 Å². The van der Waals surface area contributed by atoms with Gasteiger partial charge in [-0.2, -0.15) is 4.31 Å². The lowest BCUT2D eigenvalue weighted by Crippen LogP contribution is -2.39. The van der Waals surface area contributed by atoms with Crippen molar-refractivity contribution in [2.75, 3.05) is 18.4 Å². The molecule has 3 rings (SSSR count). The second-order valence-corrected chi connectivity index (χ2v) is 9.14. The van der Waals surface area contributed by atoms with E-state index in [0.29, 0.717) is 6.42 Å². The third-order valence-electron chi connectivity index (χ3n) is 4.94. The lowest BCUT2D eigenvalue weighted by atomic mass is 10.1. The van der Waals surface area contributed by atoms with E-state index in [9.17, 15) is 13.2 Å². The van der Waals surface area contributed by atoms with E-state index < -0.39 is 10.0 Å². The summed E-state index contributed by atoms with van der Waals surface area (Å²) in [7, 11) is -3.81. The maximum Gasteiger partial charge on any atom is 0.243 e. The lowest BCUT2D eigenvalue weighted by molar-refractivity contribution is -0.116. The van der Waals surface area contributed by atoms with Crippen molar-refractivity contribution in [2.24, 2.45) is 0 Å².